The van der Waals surface area contributed by atoms with Crippen molar-refractivity contribution < 1.29 is 64.6 Å². The molecular weight excluding hydrogens is 811 g/mol. The molecular formula is C49H93NO13. The SMILES string of the molecule is CCCCCCCCCCCCCCCCCCCCCCCCCCCCC/C=C/C(O)C(COC1OC(CO)C(OC2OC(CO)C(O)C(O)C2O)C(O)C1O)NC(=O)CC. The zero-order valence-corrected chi connectivity index (χ0v) is 39.3. The maximum atomic E-state index is 12.3. The number of hydrogen-bond acceptors (Lipinski definition) is 13. The molecule has 0 aromatic carbocycles. The van der Waals surface area contributed by atoms with Crippen LogP contribution in [0.15, 0.2) is 12.2 Å². The molecule has 0 saturated carbocycles. The van der Waals surface area contributed by atoms with Crippen molar-refractivity contribution in [2.45, 2.75) is 274 Å². The van der Waals surface area contributed by atoms with Crippen molar-refractivity contribution in [2.24, 2.45) is 0 Å². The van der Waals surface area contributed by atoms with E-state index < -0.39 is 86.8 Å². The van der Waals surface area contributed by atoms with Gasteiger partial charge in [-0.15, -0.1) is 0 Å². The molecule has 2 saturated heterocycles. The number of ether oxygens (including phenoxy) is 4. The summed E-state index contributed by atoms with van der Waals surface area (Å²) in [5.74, 6) is -0.326. The lowest BCUT2D eigenvalue weighted by molar-refractivity contribution is -0.359. The average molecular weight is 904 g/mol. The summed E-state index contributed by atoms with van der Waals surface area (Å²) < 4.78 is 22.3. The molecule has 2 aliphatic heterocycles. The molecule has 2 heterocycles. The van der Waals surface area contributed by atoms with Gasteiger partial charge in [0.15, 0.2) is 12.6 Å². The standard InChI is InChI=1S/C49H93NO13/c1-3-5-6-7-8-9-10-11-12-13-14-15-16-17-18-19-20-21-22-23-24-25-26-27-28-29-30-31-32-33-38(53)37(50-41(54)4-2)36-60-48-46(59)44(57)47(40(35-52)62-48)63-49-45(58)43(56)42(55)39(34-51)61-49/h32-33,37-40,42-49,51-53,55-59H,3-31,34-36H2,1-2H3,(H,50,54)/b33-32+. The first-order valence-electron chi connectivity index (χ1n) is 25.4. The summed E-state index contributed by atoms with van der Waals surface area (Å²) in [5.41, 5.74) is 0. The summed E-state index contributed by atoms with van der Waals surface area (Å²) in [7, 11) is 0. The van der Waals surface area contributed by atoms with E-state index in [1.165, 1.54) is 161 Å². The van der Waals surface area contributed by atoms with Crippen LogP contribution in [-0.4, -0.2) is 140 Å². The zero-order valence-electron chi connectivity index (χ0n) is 39.3. The number of amides is 1. The smallest absolute Gasteiger partial charge is 0.220 e. The highest BCUT2D eigenvalue weighted by molar-refractivity contribution is 5.75. The second kappa shape index (κ2) is 36.8. The van der Waals surface area contributed by atoms with Crippen LogP contribution in [0.4, 0.5) is 0 Å². The molecule has 0 bridgehead atoms. The van der Waals surface area contributed by atoms with Crippen molar-refractivity contribution in [3.63, 3.8) is 0 Å². The minimum absolute atomic E-state index is 0.164. The number of unbranched alkanes of at least 4 members (excludes halogenated alkanes) is 27. The number of carbonyl (C=O) groups excluding carboxylic acids is 1. The monoisotopic (exact) mass is 904 g/mol. The van der Waals surface area contributed by atoms with Gasteiger partial charge in [-0.3, -0.25) is 4.79 Å². The highest BCUT2D eigenvalue weighted by Gasteiger charge is 2.51. The van der Waals surface area contributed by atoms with Crippen LogP contribution in [0.25, 0.3) is 0 Å². The Balaban J connectivity index is 1.52. The van der Waals surface area contributed by atoms with E-state index in [0.717, 1.165) is 19.3 Å². The Kier molecular flexibility index (Phi) is 33.8. The first-order chi connectivity index (χ1) is 30.6. The van der Waals surface area contributed by atoms with E-state index in [0.29, 0.717) is 0 Å². The minimum Gasteiger partial charge on any atom is -0.394 e. The van der Waals surface area contributed by atoms with E-state index in [4.69, 9.17) is 18.9 Å². The third kappa shape index (κ3) is 24.4. The fraction of sp³-hybridized carbons (Fsp3) is 0.939. The summed E-state index contributed by atoms with van der Waals surface area (Å²) in [5, 5.41) is 85.4. The molecule has 63 heavy (non-hydrogen) atoms. The summed E-state index contributed by atoms with van der Waals surface area (Å²) in [6, 6.07) is -0.906. The van der Waals surface area contributed by atoms with Gasteiger partial charge >= 0.3 is 0 Å². The largest absolute Gasteiger partial charge is 0.394 e. The van der Waals surface area contributed by atoms with Crippen LogP contribution in [0.3, 0.4) is 0 Å². The third-order valence-electron chi connectivity index (χ3n) is 12.8. The van der Waals surface area contributed by atoms with Gasteiger partial charge in [-0.1, -0.05) is 193 Å². The molecule has 14 nitrogen and oxygen atoms in total. The quantitative estimate of drug-likeness (QED) is 0.0241. The van der Waals surface area contributed by atoms with Crippen molar-refractivity contribution in [3.8, 4) is 0 Å². The second-order valence-corrected chi connectivity index (χ2v) is 18.3. The van der Waals surface area contributed by atoms with Crippen LogP contribution in [0.2, 0.25) is 0 Å². The van der Waals surface area contributed by atoms with Gasteiger partial charge in [-0.25, -0.2) is 0 Å². The molecule has 0 aliphatic carbocycles. The lowest BCUT2D eigenvalue weighted by Gasteiger charge is -2.46. The molecule has 9 N–H and O–H groups in total. The lowest BCUT2D eigenvalue weighted by atomic mass is 9.97. The van der Waals surface area contributed by atoms with Crippen LogP contribution >= 0.6 is 0 Å². The number of nitrogens with one attached hydrogen (secondary N) is 1. The molecule has 0 aromatic rings. The summed E-state index contributed by atoms with van der Waals surface area (Å²) in [6.07, 6.45) is 24.1. The van der Waals surface area contributed by atoms with E-state index in [9.17, 15) is 45.6 Å². The third-order valence-corrected chi connectivity index (χ3v) is 12.8. The summed E-state index contributed by atoms with van der Waals surface area (Å²) in [4.78, 5) is 12.3. The number of carbonyl (C=O) groups is 1. The molecule has 0 aromatic heterocycles. The second-order valence-electron chi connectivity index (χ2n) is 18.3. The highest BCUT2D eigenvalue weighted by Crippen LogP contribution is 2.30. The molecule has 0 radical (unpaired) electrons. The van der Waals surface area contributed by atoms with Gasteiger partial charge < -0.3 is 65.1 Å². The lowest BCUT2D eigenvalue weighted by Crippen LogP contribution is -2.65. The Morgan fingerprint density at radius 1 is 0.556 bits per heavy atom. The van der Waals surface area contributed by atoms with Crippen LogP contribution in [0.1, 0.15) is 200 Å². The molecule has 2 aliphatic rings. The fourth-order valence-corrected chi connectivity index (χ4v) is 8.55. The van der Waals surface area contributed by atoms with Gasteiger partial charge in [0.2, 0.25) is 5.91 Å². The van der Waals surface area contributed by atoms with Crippen LogP contribution < -0.4 is 5.32 Å². The predicted molar refractivity (Wildman–Crippen MR) is 245 cm³/mol. The van der Waals surface area contributed by atoms with Crippen molar-refractivity contribution in [1.29, 1.82) is 0 Å². The normalized spacial score (nSPS) is 27.5. The summed E-state index contributed by atoms with van der Waals surface area (Å²) in [6.45, 7) is 2.23. The number of rotatable bonds is 39. The Hall–Kier alpha value is -1.27. The molecule has 1 amide bonds. The topological polar surface area (TPSA) is 228 Å². The molecule has 2 rings (SSSR count). The van der Waals surface area contributed by atoms with Crippen LogP contribution in [-0.2, 0) is 23.7 Å². The van der Waals surface area contributed by atoms with E-state index >= 15 is 0 Å². The fourth-order valence-electron chi connectivity index (χ4n) is 8.55. The molecule has 12 unspecified atom stereocenters. The van der Waals surface area contributed by atoms with Gasteiger partial charge in [0.1, 0.15) is 48.8 Å². The number of aliphatic hydroxyl groups excluding tert-OH is 8. The first kappa shape index (κ1) is 57.9. The van der Waals surface area contributed by atoms with Gasteiger partial charge in [-0.05, 0) is 12.8 Å². The Morgan fingerprint density at radius 3 is 1.40 bits per heavy atom. The van der Waals surface area contributed by atoms with Crippen LogP contribution in [0.5, 0.6) is 0 Å². The first-order valence-corrected chi connectivity index (χ1v) is 25.4. The van der Waals surface area contributed by atoms with Crippen molar-refractivity contribution >= 4 is 5.91 Å². The van der Waals surface area contributed by atoms with Gasteiger partial charge in [-0.2, -0.15) is 0 Å². The maximum Gasteiger partial charge on any atom is 0.220 e. The Morgan fingerprint density at radius 2 is 0.968 bits per heavy atom. The van der Waals surface area contributed by atoms with Crippen molar-refractivity contribution in [3.05, 3.63) is 12.2 Å². The Bertz CT molecular complexity index is 1120. The number of hydrogen-bond donors (Lipinski definition) is 9. The van der Waals surface area contributed by atoms with E-state index in [-0.39, 0.29) is 18.9 Å². The zero-order chi connectivity index (χ0) is 46.1. The van der Waals surface area contributed by atoms with E-state index in [2.05, 4.69) is 12.2 Å². The van der Waals surface area contributed by atoms with Crippen molar-refractivity contribution in [1.82, 2.24) is 5.32 Å². The molecule has 0 spiro atoms. The average Bonchev–Trinajstić information content (AvgIpc) is 3.28. The number of allylic oxidation sites excluding steroid dienone is 1. The minimum atomic E-state index is -1.78. The molecule has 372 valence electrons. The maximum absolute atomic E-state index is 12.3. The van der Waals surface area contributed by atoms with Crippen LogP contribution in [0, 0.1) is 0 Å². The highest BCUT2D eigenvalue weighted by atomic mass is 16.7. The van der Waals surface area contributed by atoms with E-state index in [1.807, 2.05) is 6.08 Å². The van der Waals surface area contributed by atoms with Gasteiger partial charge in [0, 0.05) is 6.42 Å². The number of aliphatic hydroxyl groups is 8. The molecule has 2 fully saturated rings. The van der Waals surface area contributed by atoms with Crippen molar-refractivity contribution in [2.75, 3.05) is 19.8 Å². The van der Waals surface area contributed by atoms with Gasteiger partial charge in [0.05, 0.1) is 32.0 Å². The Labute approximate surface area is 380 Å². The predicted octanol–water partition coefficient (Wildman–Crippen LogP) is 6.38. The van der Waals surface area contributed by atoms with E-state index in [1.54, 1.807) is 13.0 Å². The van der Waals surface area contributed by atoms with Gasteiger partial charge in [0.25, 0.3) is 0 Å². The summed E-state index contributed by atoms with van der Waals surface area (Å²) >= 11 is 0. The molecule has 14 heteroatoms. The molecule has 12 atom stereocenters.